The summed E-state index contributed by atoms with van der Waals surface area (Å²) in [5, 5.41) is 4.47. The number of hydrogen-bond acceptors (Lipinski definition) is 8. The van der Waals surface area contributed by atoms with Gasteiger partial charge in [0.15, 0.2) is 0 Å². The summed E-state index contributed by atoms with van der Waals surface area (Å²) >= 11 is 0. The SMILES string of the molecule is O=CNCCCS(=O)(=O)[O-].O=CNCCCS(=O)(=O)[O-].[Ca+2]. The molecule has 0 aliphatic carbocycles. The average Bonchev–Trinajstić information content (AvgIpc) is 2.29. The first kappa shape index (κ1) is 25.9. The maximum atomic E-state index is 9.92. The smallest absolute Gasteiger partial charge is 0.748 e. The van der Waals surface area contributed by atoms with Crippen molar-refractivity contribution >= 4 is 70.8 Å². The van der Waals surface area contributed by atoms with Gasteiger partial charge in [-0.1, -0.05) is 0 Å². The fraction of sp³-hybridized carbons (Fsp3) is 0.750. The van der Waals surface area contributed by atoms with Crippen molar-refractivity contribution in [1.82, 2.24) is 10.6 Å². The first-order valence-corrected chi connectivity index (χ1v) is 8.49. The summed E-state index contributed by atoms with van der Waals surface area (Å²) in [5.74, 6) is -0.846. The molecule has 10 nitrogen and oxygen atoms in total. The molecule has 0 aliphatic heterocycles. The number of nitrogens with one attached hydrogen (secondary N) is 2. The molecule has 0 saturated heterocycles. The topological polar surface area (TPSA) is 173 Å². The van der Waals surface area contributed by atoms with Crippen LogP contribution in [0.4, 0.5) is 0 Å². The standard InChI is InChI=1S/2C4H9NO4S.Ca/c2*6-4-5-2-1-3-10(7,8)9;/h2*4H,1-3H2,(H,5,6)(H,7,8,9);/q;;+2/p-2. The summed E-state index contributed by atoms with van der Waals surface area (Å²) in [6.07, 6.45) is 1.25. The number of carbonyl (C=O) groups is 2. The van der Waals surface area contributed by atoms with Gasteiger partial charge in [0.05, 0.1) is 20.2 Å². The molecule has 120 valence electrons. The minimum atomic E-state index is -4.11. The minimum absolute atomic E-state index is 0. The Morgan fingerprint density at radius 3 is 1.24 bits per heavy atom. The van der Waals surface area contributed by atoms with Crippen LogP contribution in [-0.2, 0) is 29.8 Å². The van der Waals surface area contributed by atoms with Crippen LogP contribution in [0.2, 0.25) is 0 Å². The van der Waals surface area contributed by atoms with Crippen LogP contribution in [0.15, 0.2) is 0 Å². The fourth-order valence-electron chi connectivity index (χ4n) is 0.820. The van der Waals surface area contributed by atoms with Gasteiger partial charge in [-0.2, -0.15) is 0 Å². The van der Waals surface area contributed by atoms with Crippen molar-refractivity contribution in [3.8, 4) is 0 Å². The molecule has 0 radical (unpaired) electrons. The van der Waals surface area contributed by atoms with E-state index in [1.165, 1.54) is 0 Å². The summed E-state index contributed by atoms with van der Waals surface area (Å²) < 4.78 is 59.5. The van der Waals surface area contributed by atoms with Gasteiger partial charge in [0.1, 0.15) is 0 Å². The first-order chi connectivity index (χ1) is 9.12. The van der Waals surface area contributed by atoms with Crippen LogP contribution in [0.3, 0.4) is 0 Å². The van der Waals surface area contributed by atoms with Gasteiger partial charge in [-0.15, -0.1) is 0 Å². The molecule has 0 heterocycles. The normalized spacial score (nSPS) is 10.4. The minimum Gasteiger partial charge on any atom is -0.748 e. The van der Waals surface area contributed by atoms with Crippen molar-refractivity contribution in [2.24, 2.45) is 0 Å². The molecule has 2 N–H and O–H groups in total. The number of amides is 2. The predicted octanol–water partition coefficient (Wildman–Crippen LogP) is -3.05. The van der Waals surface area contributed by atoms with Crippen molar-refractivity contribution in [3.05, 3.63) is 0 Å². The van der Waals surface area contributed by atoms with Gasteiger partial charge in [0, 0.05) is 24.6 Å². The Hall–Kier alpha value is 0.0197. The van der Waals surface area contributed by atoms with Crippen LogP contribution in [0, 0.1) is 0 Å². The van der Waals surface area contributed by atoms with Crippen LogP contribution < -0.4 is 10.6 Å². The van der Waals surface area contributed by atoms with Gasteiger partial charge < -0.3 is 19.7 Å². The molecule has 0 aromatic rings. The Labute approximate surface area is 153 Å². The Bertz CT molecular complexity index is 421. The van der Waals surface area contributed by atoms with E-state index in [-0.39, 0.29) is 63.7 Å². The van der Waals surface area contributed by atoms with Gasteiger partial charge in [0.25, 0.3) is 0 Å². The Balaban J connectivity index is -0.000000295. The molecule has 0 rings (SSSR count). The molecule has 2 amide bonds. The van der Waals surface area contributed by atoms with Crippen LogP contribution in [0.1, 0.15) is 12.8 Å². The van der Waals surface area contributed by atoms with Gasteiger partial charge in [-0.05, 0) is 12.8 Å². The van der Waals surface area contributed by atoms with Crippen molar-refractivity contribution in [2.75, 3.05) is 24.6 Å². The van der Waals surface area contributed by atoms with Gasteiger partial charge >= 0.3 is 37.7 Å². The molecule has 0 fully saturated rings. The van der Waals surface area contributed by atoms with Crippen molar-refractivity contribution in [3.63, 3.8) is 0 Å². The van der Waals surface area contributed by atoms with Gasteiger partial charge in [-0.25, -0.2) is 16.8 Å². The zero-order chi connectivity index (χ0) is 16.1. The maximum absolute atomic E-state index is 9.92. The number of rotatable bonds is 10. The largest absolute Gasteiger partial charge is 2.00 e. The molecule has 13 heteroatoms. The van der Waals surface area contributed by atoms with E-state index in [1.807, 2.05) is 0 Å². The zero-order valence-electron chi connectivity index (χ0n) is 11.2. The van der Waals surface area contributed by atoms with E-state index in [2.05, 4.69) is 10.6 Å². The monoisotopic (exact) mass is 372 g/mol. The van der Waals surface area contributed by atoms with Crippen LogP contribution in [0.5, 0.6) is 0 Å². The van der Waals surface area contributed by atoms with Crippen LogP contribution in [0.25, 0.3) is 0 Å². The summed E-state index contributed by atoms with van der Waals surface area (Å²) in [5.41, 5.74) is 0. The van der Waals surface area contributed by atoms with Crippen molar-refractivity contribution < 1.29 is 35.5 Å². The molecule has 0 saturated carbocycles. The van der Waals surface area contributed by atoms with E-state index in [1.54, 1.807) is 0 Å². The predicted molar refractivity (Wildman–Crippen MR) is 72.2 cm³/mol. The molecule has 0 unspecified atom stereocenters. The fourth-order valence-corrected chi connectivity index (χ4v) is 1.82. The quantitative estimate of drug-likeness (QED) is 0.176. The zero-order valence-corrected chi connectivity index (χ0v) is 15.0. The maximum Gasteiger partial charge on any atom is 2.00 e. The van der Waals surface area contributed by atoms with E-state index in [0.717, 1.165) is 0 Å². The molecule has 0 aliphatic rings. The second-order valence-corrected chi connectivity index (χ2v) is 6.42. The molecule has 0 spiro atoms. The third-order valence-corrected chi connectivity index (χ3v) is 3.17. The first-order valence-electron chi connectivity index (χ1n) is 5.33. The molecule has 0 atom stereocenters. The average molecular weight is 372 g/mol. The number of carbonyl (C=O) groups excluding carboxylic acids is 2. The molecule has 0 aromatic heterocycles. The third-order valence-electron chi connectivity index (χ3n) is 1.60. The second kappa shape index (κ2) is 14.9. The molecule has 0 bridgehead atoms. The second-order valence-electron chi connectivity index (χ2n) is 3.37. The summed E-state index contributed by atoms with van der Waals surface area (Å²) in [4.78, 5) is 19.2. The van der Waals surface area contributed by atoms with E-state index < -0.39 is 31.7 Å². The molecule has 21 heavy (non-hydrogen) atoms. The van der Waals surface area contributed by atoms with Crippen LogP contribution >= 0.6 is 0 Å². The third kappa shape index (κ3) is 33.1. The summed E-state index contributed by atoms with van der Waals surface area (Å²) in [6.45, 7) is 0.454. The Morgan fingerprint density at radius 2 is 1.05 bits per heavy atom. The van der Waals surface area contributed by atoms with E-state index >= 15 is 0 Å². The Morgan fingerprint density at radius 1 is 0.762 bits per heavy atom. The molecular formula is C8H16CaN2O8S2. The molecule has 0 aromatic carbocycles. The van der Waals surface area contributed by atoms with Gasteiger partial charge in [-0.3, -0.25) is 9.59 Å². The van der Waals surface area contributed by atoms with Gasteiger partial charge in [0.2, 0.25) is 12.8 Å². The van der Waals surface area contributed by atoms with E-state index in [9.17, 15) is 35.5 Å². The Kier molecular flexibility index (Phi) is 18.5. The molecular weight excluding hydrogens is 356 g/mol. The number of hydrogen-bond donors (Lipinski definition) is 2. The summed E-state index contributed by atoms with van der Waals surface area (Å²) in [7, 11) is -8.22. The van der Waals surface area contributed by atoms with Crippen LogP contribution in [-0.4, -0.2) is 101 Å². The van der Waals surface area contributed by atoms with Crippen molar-refractivity contribution in [2.45, 2.75) is 12.8 Å². The summed E-state index contributed by atoms with van der Waals surface area (Å²) in [6, 6.07) is 0. The van der Waals surface area contributed by atoms with E-state index in [4.69, 9.17) is 0 Å². The van der Waals surface area contributed by atoms with Crippen molar-refractivity contribution in [1.29, 1.82) is 0 Å². The van der Waals surface area contributed by atoms with E-state index in [0.29, 0.717) is 12.8 Å².